The third-order valence-corrected chi connectivity index (χ3v) is 3.16. The van der Waals surface area contributed by atoms with Crippen LogP contribution in [0.5, 0.6) is 5.75 Å². The number of amides is 1. The van der Waals surface area contributed by atoms with Crippen molar-refractivity contribution in [1.29, 1.82) is 0 Å². The van der Waals surface area contributed by atoms with Crippen molar-refractivity contribution in [2.24, 2.45) is 0 Å². The Morgan fingerprint density at radius 2 is 2.18 bits per heavy atom. The number of rotatable bonds is 4. The average Bonchev–Trinajstić information content (AvgIpc) is 3.13. The van der Waals surface area contributed by atoms with E-state index in [2.05, 4.69) is 6.92 Å². The van der Waals surface area contributed by atoms with Crippen molar-refractivity contribution in [2.45, 2.75) is 39.2 Å². The van der Waals surface area contributed by atoms with E-state index in [1.165, 1.54) is 0 Å². The van der Waals surface area contributed by atoms with Gasteiger partial charge < -0.3 is 10.0 Å². The number of phenols is 1. The summed E-state index contributed by atoms with van der Waals surface area (Å²) in [6.45, 7) is 4.72. The first kappa shape index (κ1) is 12.0. The predicted molar refractivity (Wildman–Crippen MR) is 67.2 cm³/mol. The van der Waals surface area contributed by atoms with Gasteiger partial charge in [0, 0.05) is 18.2 Å². The lowest BCUT2D eigenvalue weighted by Crippen LogP contribution is -2.33. The fraction of sp³-hybridized carbons (Fsp3) is 0.500. The zero-order chi connectivity index (χ0) is 12.4. The zero-order valence-corrected chi connectivity index (χ0v) is 10.4. The summed E-state index contributed by atoms with van der Waals surface area (Å²) >= 11 is 0. The largest absolute Gasteiger partial charge is 0.508 e. The van der Waals surface area contributed by atoms with E-state index < -0.39 is 0 Å². The third kappa shape index (κ3) is 2.60. The summed E-state index contributed by atoms with van der Waals surface area (Å²) in [5.74, 6) is 0.340. The van der Waals surface area contributed by atoms with Gasteiger partial charge in [-0.15, -0.1) is 0 Å². The molecular weight excluding hydrogens is 214 g/mol. The van der Waals surface area contributed by atoms with Crippen LogP contribution in [0, 0.1) is 6.92 Å². The van der Waals surface area contributed by atoms with Crippen molar-refractivity contribution in [3.63, 3.8) is 0 Å². The molecule has 92 valence electrons. The Bertz CT molecular complexity index is 424. The minimum Gasteiger partial charge on any atom is -0.508 e. The van der Waals surface area contributed by atoms with Crippen LogP contribution in [0.25, 0.3) is 0 Å². The molecular formula is C14H19NO2. The van der Waals surface area contributed by atoms with Crippen LogP contribution in [0.15, 0.2) is 18.2 Å². The van der Waals surface area contributed by atoms with Crippen molar-refractivity contribution in [2.75, 3.05) is 6.54 Å². The Kier molecular flexibility index (Phi) is 3.36. The molecule has 0 heterocycles. The summed E-state index contributed by atoms with van der Waals surface area (Å²) < 4.78 is 0. The molecule has 1 fully saturated rings. The highest BCUT2D eigenvalue weighted by atomic mass is 16.3. The number of nitrogens with zero attached hydrogens (tertiary/aromatic N) is 1. The summed E-state index contributed by atoms with van der Waals surface area (Å²) in [6, 6.07) is 5.51. The topological polar surface area (TPSA) is 40.5 Å². The lowest BCUT2D eigenvalue weighted by atomic mass is 10.1. The Balaban J connectivity index is 2.19. The number of benzene rings is 1. The standard InChI is InChI=1S/C14H19NO2/c1-3-8-15(12-5-6-12)14(17)11-4-7-13(16)10(2)9-11/h4,7,9,12,16H,3,5-6,8H2,1-2H3. The smallest absolute Gasteiger partial charge is 0.254 e. The molecule has 1 aliphatic rings. The molecule has 0 aromatic heterocycles. The van der Waals surface area contributed by atoms with Crippen LogP contribution in [0.4, 0.5) is 0 Å². The van der Waals surface area contributed by atoms with Crippen LogP contribution in [0.3, 0.4) is 0 Å². The van der Waals surface area contributed by atoms with E-state index in [-0.39, 0.29) is 11.7 Å². The molecule has 0 radical (unpaired) electrons. The Morgan fingerprint density at radius 3 is 2.71 bits per heavy atom. The van der Waals surface area contributed by atoms with Gasteiger partial charge in [0.1, 0.15) is 5.75 Å². The summed E-state index contributed by atoms with van der Waals surface area (Å²) in [4.78, 5) is 14.3. The van der Waals surface area contributed by atoms with Crippen molar-refractivity contribution in [3.05, 3.63) is 29.3 Å². The van der Waals surface area contributed by atoms with Crippen molar-refractivity contribution >= 4 is 5.91 Å². The fourth-order valence-corrected chi connectivity index (χ4v) is 2.03. The second-order valence-electron chi connectivity index (χ2n) is 4.73. The summed E-state index contributed by atoms with van der Waals surface area (Å²) in [6.07, 6.45) is 3.24. The first-order chi connectivity index (χ1) is 8.13. The van der Waals surface area contributed by atoms with Gasteiger partial charge in [0.25, 0.3) is 5.91 Å². The molecule has 1 saturated carbocycles. The first-order valence-electron chi connectivity index (χ1n) is 6.24. The SMILES string of the molecule is CCCN(C(=O)c1ccc(O)c(C)c1)C1CC1. The molecule has 0 atom stereocenters. The predicted octanol–water partition coefficient (Wildman–Crippen LogP) is 2.72. The molecule has 0 bridgehead atoms. The number of aromatic hydroxyl groups is 1. The molecule has 0 spiro atoms. The van der Waals surface area contributed by atoms with E-state index in [4.69, 9.17) is 0 Å². The van der Waals surface area contributed by atoms with E-state index in [1.807, 2.05) is 11.8 Å². The minimum atomic E-state index is 0.0949. The Hall–Kier alpha value is -1.51. The van der Waals surface area contributed by atoms with Gasteiger partial charge in [-0.05, 0) is 49.9 Å². The molecule has 1 aromatic rings. The number of carbonyl (C=O) groups is 1. The molecule has 0 unspecified atom stereocenters. The Labute approximate surface area is 102 Å². The van der Waals surface area contributed by atoms with Crippen LogP contribution in [-0.4, -0.2) is 28.5 Å². The molecule has 17 heavy (non-hydrogen) atoms. The molecule has 1 aliphatic carbocycles. The van der Waals surface area contributed by atoms with E-state index in [1.54, 1.807) is 18.2 Å². The van der Waals surface area contributed by atoms with Crippen LogP contribution >= 0.6 is 0 Å². The van der Waals surface area contributed by atoms with E-state index in [0.717, 1.165) is 31.4 Å². The highest BCUT2D eigenvalue weighted by molar-refractivity contribution is 5.95. The maximum absolute atomic E-state index is 12.3. The third-order valence-electron chi connectivity index (χ3n) is 3.16. The molecule has 1 N–H and O–H groups in total. The van der Waals surface area contributed by atoms with Gasteiger partial charge in [-0.3, -0.25) is 4.79 Å². The quantitative estimate of drug-likeness (QED) is 0.868. The van der Waals surface area contributed by atoms with Crippen molar-refractivity contribution in [1.82, 2.24) is 4.90 Å². The van der Waals surface area contributed by atoms with Gasteiger partial charge >= 0.3 is 0 Å². The first-order valence-corrected chi connectivity index (χ1v) is 6.24. The molecule has 2 rings (SSSR count). The van der Waals surface area contributed by atoms with E-state index in [0.29, 0.717) is 11.6 Å². The van der Waals surface area contributed by atoms with Gasteiger partial charge in [0.2, 0.25) is 0 Å². The molecule has 3 nitrogen and oxygen atoms in total. The minimum absolute atomic E-state index is 0.0949. The molecule has 1 aromatic carbocycles. The zero-order valence-electron chi connectivity index (χ0n) is 10.4. The van der Waals surface area contributed by atoms with E-state index >= 15 is 0 Å². The lowest BCUT2D eigenvalue weighted by Gasteiger charge is -2.22. The van der Waals surface area contributed by atoms with Crippen LogP contribution in [0.1, 0.15) is 42.1 Å². The second kappa shape index (κ2) is 4.78. The highest BCUT2D eigenvalue weighted by Crippen LogP contribution is 2.29. The normalized spacial score (nSPS) is 14.7. The van der Waals surface area contributed by atoms with Crippen molar-refractivity contribution in [3.8, 4) is 5.75 Å². The molecule has 3 heteroatoms. The maximum Gasteiger partial charge on any atom is 0.254 e. The summed E-state index contributed by atoms with van der Waals surface area (Å²) in [5.41, 5.74) is 1.43. The lowest BCUT2D eigenvalue weighted by molar-refractivity contribution is 0.0743. The van der Waals surface area contributed by atoms with Crippen LogP contribution in [-0.2, 0) is 0 Å². The molecule has 0 aliphatic heterocycles. The van der Waals surface area contributed by atoms with Gasteiger partial charge in [0.05, 0.1) is 0 Å². The van der Waals surface area contributed by atoms with E-state index in [9.17, 15) is 9.90 Å². The number of aryl methyl sites for hydroxylation is 1. The summed E-state index contributed by atoms with van der Waals surface area (Å²) in [7, 11) is 0. The van der Waals surface area contributed by atoms with Gasteiger partial charge in [0.15, 0.2) is 0 Å². The van der Waals surface area contributed by atoms with Crippen molar-refractivity contribution < 1.29 is 9.90 Å². The number of hydrogen-bond acceptors (Lipinski definition) is 2. The average molecular weight is 233 g/mol. The monoisotopic (exact) mass is 233 g/mol. The molecule has 0 saturated heterocycles. The number of hydrogen-bond donors (Lipinski definition) is 1. The Morgan fingerprint density at radius 1 is 1.47 bits per heavy atom. The summed E-state index contributed by atoms with van der Waals surface area (Å²) in [5, 5.41) is 9.46. The highest BCUT2D eigenvalue weighted by Gasteiger charge is 2.32. The van der Waals surface area contributed by atoms with Gasteiger partial charge in [-0.1, -0.05) is 6.92 Å². The number of carbonyl (C=O) groups excluding carboxylic acids is 1. The van der Waals surface area contributed by atoms with Crippen LogP contribution in [0.2, 0.25) is 0 Å². The van der Waals surface area contributed by atoms with Gasteiger partial charge in [-0.25, -0.2) is 0 Å². The second-order valence-corrected chi connectivity index (χ2v) is 4.73. The van der Waals surface area contributed by atoms with Gasteiger partial charge in [-0.2, -0.15) is 0 Å². The molecule has 1 amide bonds. The number of phenolic OH excluding ortho intramolecular Hbond substituents is 1. The fourth-order valence-electron chi connectivity index (χ4n) is 2.03. The maximum atomic E-state index is 12.3. The van der Waals surface area contributed by atoms with Crippen LogP contribution < -0.4 is 0 Å².